The van der Waals surface area contributed by atoms with Crippen LogP contribution in [0.1, 0.15) is 13.3 Å². The molecule has 0 aliphatic heterocycles. The summed E-state index contributed by atoms with van der Waals surface area (Å²) >= 11 is 0. The maximum atomic E-state index is 15.1. The first-order valence-electron chi connectivity index (χ1n) is 12.4. The van der Waals surface area contributed by atoms with Crippen molar-refractivity contribution in [3.63, 3.8) is 0 Å². The van der Waals surface area contributed by atoms with Crippen LogP contribution in [0.15, 0.2) is 121 Å². The molecule has 5 rings (SSSR count). The van der Waals surface area contributed by atoms with Crippen LogP contribution in [-0.2, 0) is 4.57 Å². The van der Waals surface area contributed by atoms with Gasteiger partial charge in [0.1, 0.15) is 30.1 Å². The number of ether oxygens (including phenoxy) is 2. The van der Waals surface area contributed by atoms with E-state index in [0.29, 0.717) is 35.0 Å². The Morgan fingerprint density at radius 2 is 1.43 bits per heavy atom. The van der Waals surface area contributed by atoms with Gasteiger partial charge in [0.25, 0.3) is 0 Å². The molecule has 4 unspecified atom stereocenters. The standard InChI is InChI=1S/C31H31N2O3P/c1-22-6-2-3-11-31(22)37(34,29-16-12-25(13-17-29)35-27-9-4-7-23(32)20-27)30-18-14-26(15-19-30)36-28-10-5-8-24(33)21-28/h2-18,20-22,30-31H,19,32-33H2,1H3. The second kappa shape index (κ2) is 10.6. The van der Waals surface area contributed by atoms with Crippen LogP contribution in [-0.4, -0.2) is 11.3 Å². The van der Waals surface area contributed by atoms with E-state index in [1.807, 2.05) is 91.0 Å². The predicted octanol–water partition coefficient (Wildman–Crippen LogP) is 7.05. The first-order chi connectivity index (χ1) is 17.9. The van der Waals surface area contributed by atoms with Crippen LogP contribution in [0, 0.1) is 5.92 Å². The molecule has 4 atom stereocenters. The highest BCUT2D eigenvalue weighted by Gasteiger charge is 2.42. The Labute approximate surface area is 218 Å². The Hall–Kier alpha value is -3.95. The molecule has 4 N–H and O–H groups in total. The molecule has 0 radical (unpaired) electrons. The van der Waals surface area contributed by atoms with Crippen LogP contribution < -0.4 is 26.2 Å². The lowest BCUT2D eigenvalue weighted by molar-refractivity contribution is 0.439. The molecule has 37 heavy (non-hydrogen) atoms. The highest BCUT2D eigenvalue weighted by Crippen LogP contribution is 2.60. The molecule has 0 amide bonds. The topological polar surface area (TPSA) is 87.6 Å². The van der Waals surface area contributed by atoms with E-state index in [2.05, 4.69) is 19.1 Å². The zero-order valence-electron chi connectivity index (χ0n) is 20.7. The van der Waals surface area contributed by atoms with E-state index in [-0.39, 0.29) is 17.2 Å². The molecular formula is C31H31N2O3P. The molecule has 0 saturated carbocycles. The van der Waals surface area contributed by atoms with Crippen LogP contribution in [0.4, 0.5) is 11.4 Å². The van der Waals surface area contributed by atoms with Gasteiger partial charge >= 0.3 is 0 Å². The van der Waals surface area contributed by atoms with Crippen molar-refractivity contribution in [1.82, 2.24) is 0 Å². The Morgan fingerprint density at radius 3 is 2.03 bits per heavy atom. The summed E-state index contributed by atoms with van der Waals surface area (Å²) < 4.78 is 27.1. The number of benzene rings is 3. The summed E-state index contributed by atoms with van der Waals surface area (Å²) in [7, 11) is -2.93. The molecule has 6 heteroatoms. The fourth-order valence-electron chi connectivity index (χ4n) is 4.89. The smallest absolute Gasteiger partial charge is 0.129 e. The van der Waals surface area contributed by atoms with E-state index in [1.165, 1.54) is 0 Å². The lowest BCUT2D eigenvalue weighted by atomic mass is 10.0. The van der Waals surface area contributed by atoms with E-state index in [1.54, 1.807) is 12.1 Å². The third-order valence-electron chi connectivity index (χ3n) is 6.78. The first-order valence-corrected chi connectivity index (χ1v) is 14.3. The first kappa shape index (κ1) is 24.7. The summed E-state index contributed by atoms with van der Waals surface area (Å²) in [4.78, 5) is 0. The van der Waals surface area contributed by atoms with Crippen molar-refractivity contribution in [2.45, 2.75) is 24.7 Å². The van der Waals surface area contributed by atoms with E-state index < -0.39 is 7.14 Å². The minimum atomic E-state index is -2.93. The number of hydrogen-bond donors (Lipinski definition) is 2. The van der Waals surface area contributed by atoms with Gasteiger partial charge in [0.15, 0.2) is 0 Å². The highest BCUT2D eigenvalue weighted by molar-refractivity contribution is 7.73. The van der Waals surface area contributed by atoms with Gasteiger partial charge in [0.2, 0.25) is 0 Å². The predicted molar refractivity (Wildman–Crippen MR) is 153 cm³/mol. The number of nitrogens with two attached hydrogens (primary N) is 2. The minimum absolute atomic E-state index is 0.0994. The number of nitrogen functional groups attached to an aromatic ring is 2. The molecule has 5 nitrogen and oxygen atoms in total. The van der Waals surface area contributed by atoms with Gasteiger partial charge in [-0.25, -0.2) is 0 Å². The zero-order valence-corrected chi connectivity index (χ0v) is 21.6. The lowest BCUT2D eigenvalue weighted by Crippen LogP contribution is -2.29. The van der Waals surface area contributed by atoms with E-state index in [4.69, 9.17) is 20.9 Å². The quantitative estimate of drug-likeness (QED) is 0.263. The summed E-state index contributed by atoms with van der Waals surface area (Å²) in [5.74, 6) is 2.90. The van der Waals surface area contributed by atoms with Crippen molar-refractivity contribution in [3.8, 4) is 17.2 Å². The number of hydrogen-bond acceptors (Lipinski definition) is 5. The normalized spacial score (nSPS) is 22.2. The van der Waals surface area contributed by atoms with E-state index in [0.717, 1.165) is 11.1 Å². The minimum Gasteiger partial charge on any atom is -0.458 e. The molecule has 0 heterocycles. The monoisotopic (exact) mass is 510 g/mol. The largest absolute Gasteiger partial charge is 0.458 e. The summed E-state index contributed by atoms with van der Waals surface area (Å²) in [5.41, 5.74) is 12.8. The van der Waals surface area contributed by atoms with E-state index >= 15 is 4.57 Å². The molecule has 3 aromatic rings. The van der Waals surface area contributed by atoms with Gasteiger partial charge in [0, 0.05) is 40.1 Å². The summed E-state index contributed by atoms with van der Waals surface area (Å²) in [6.07, 6.45) is 14.9. The Kier molecular flexibility index (Phi) is 7.07. The molecule has 0 bridgehead atoms. The van der Waals surface area contributed by atoms with Gasteiger partial charge in [0.05, 0.1) is 0 Å². The van der Waals surface area contributed by atoms with Crippen LogP contribution in [0.5, 0.6) is 17.2 Å². The Bertz CT molecular complexity index is 1440. The van der Waals surface area contributed by atoms with Crippen molar-refractivity contribution < 1.29 is 14.0 Å². The maximum absolute atomic E-state index is 15.1. The molecule has 0 fully saturated rings. The molecule has 0 saturated heterocycles. The maximum Gasteiger partial charge on any atom is 0.129 e. The zero-order chi connectivity index (χ0) is 25.8. The third kappa shape index (κ3) is 5.42. The second-order valence-electron chi connectivity index (χ2n) is 9.44. The van der Waals surface area contributed by atoms with Crippen LogP contribution in [0.3, 0.4) is 0 Å². The molecule has 2 aliphatic carbocycles. The van der Waals surface area contributed by atoms with Crippen molar-refractivity contribution >= 4 is 23.8 Å². The van der Waals surface area contributed by atoms with Crippen molar-refractivity contribution in [2.75, 3.05) is 11.5 Å². The van der Waals surface area contributed by atoms with Crippen molar-refractivity contribution in [2.24, 2.45) is 5.92 Å². The molecule has 0 spiro atoms. The molecule has 188 valence electrons. The molecule has 3 aromatic carbocycles. The molecular weight excluding hydrogens is 479 g/mol. The summed E-state index contributed by atoms with van der Waals surface area (Å²) in [6, 6.07) is 22.3. The van der Waals surface area contributed by atoms with Crippen LogP contribution in [0.25, 0.3) is 0 Å². The fourth-order valence-corrected chi connectivity index (χ4v) is 8.59. The van der Waals surface area contributed by atoms with Gasteiger partial charge in [-0.3, -0.25) is 0 Å². The summed E-state index contributed by atoms with van der Waals surface area (Å²) in [5, 5.41) is 0.840. The number of rotatable bonds is 7. The van der Waals surface area contributed by atoms with Crippen molar-refractivity contribution in [1.29, 1.82) is 0 Å². The van der Waals surface area contributed by atoms with E-state index in [9.17, 15) is 0 Å². The fraction of sp³-hybridized carbons (Fsp3) is 0.161. The Morgan fingerprint density at radius 1 is 0.784 bits per heavy atom. The van der Waals surface area contributed by atoms with Gasteiger partial charge in [-0.05, 0) is 73.0 Å². The van der Waals surface area contributed by atoms with Gasteiger partial charge in [-0.1, -0.05) is 49.4 Å². The SMILES string of the molecule is CC1C=CC=CC1P(=O)(c1ccc(Oc2cccc(N)c2)cc1)C1C=CC(Oc2cccc(N)c2)=CC1. The molecule has 2 aliphatic rings. The number of anilines is 2. The Balaban J connectivity index is 1.41. The molecule has 0 aromatic heterocycles. The van der Waals surface area contributed by atoms with Gasteiger partial charge < -0.3 is 25.5 Å². The van der Waals surface area contributed by atoms with Gasteiger partial charge in [-0.15, -0.1) is 0 Å². The van der Waals surface area contributed by atoms with Crippen LogP contribution in [0.2, 0.25) is 0 Å². The average Bonchev–Trinajstić information content (AvgIpc) is 2.89. The van der Waals surface area contributed by atoms with Gasteiger partial charge in [-0.2, -0.15) is 0 Å². The third-order valence-corrected chi connectivity index (χ3v) is 10.8. The average molecular weight is 511 g/mol. The second-order valence-corrected chi connectivity index (χ2v) is 12.6. The van der Waals surface area contributed by atoms with Crippen molar-refractivity contribution in [3.05, 3.63) is 121 Å². The lowest BCUT2D eigenvalue weighted by Gasteiger charge is -2.36. The number of allylic oxidation sites excluding steroid dienone is 7. The highest BCUT2D eigenvalue weighted by atomic mass is 31.2. The van der Waals surface area contributed by atoms with Crippen LogP contribution >= 0.6 is 7.14 Å². The summed E-state index contributed by atoms with van der Waals surface area (Å²) in [6.45, 7) is 2.13.